The predicted molar refractivity (Wildman–Crippen MR) is 256 cm³/mol. The second kappa shape index (κ2) is 16.6. The number of allylic oxidation sites excluding steroid dienone is 6. The zero-order valence-corrected chi connectivity index (χ0v) is 43.8. The highest BCUT2D eigenvalue weighted by molar-refractivity contribution is 6.78. The molecular formula is C52H82Cl2O4Si2. The van der Waals surface area contributed by atoms with Crippen molar-refractivity contribution < 1.29 is 18.4 Å². The Labute approximate surface area is 378 Å². The maximum absolute atomic E-state index is 12.4. The number of carbonyl (C=O) groups excluding carboxylic acids is 2. The number of halogens is 2. The number of rotatable bonds is 12. The standard InChI is InChI=1S/2C26H41ClO2Si/c2*1-14(2)30(15(3)4,16(5)6)29-25-20-11-19(18(8)28)12-21(25)24-17(7)23(27)13-22(20)26(24)9-10-26/h12-17,20-22,24-25H,9-11H2,1-8H3;11,13-17,20-22,24-25H,9-10,12H2,1-8H3/t2*17-,20-,21-,22+,24+,25-/m11/s1. The molecule has 4 saturated carbocycles. The van der Waals surface area contributed by atoms with Gasteiger partial charge in [0, 0.05) is 21.9 Å². The number of fused-ring (bicyclic) bond motifs is 8. The van der Waals surface area contributed by atoms with Gasteiger partial charge >= 0.3 is 0 Å². The van der Waals surface area contributed by atoms with E-state index in [1.54, 1.807) is 13.8 Å². The molecule has 8 heteroatoms. The Kier molecular flexibility index (Phi) is 13.1. The van der Waals surface area contributed by atoms with Crippen molar-refractivity contribution in [1.82, 2.24) is 0 Å². The first-order chi connectivity index (χ1) is 27.9. The van der Waals surface area contributed by atoms with E-state index in [1.165, 1.54) is 25.7 Å². The van der Waals surface area contributed by atoms with Crippen LogP contribution in [0.2, 0.25) is 33.2 Å². The lowest BCUT2D eigenvalue weighted by atomic mass is 9.49. The average Bonchev–Trinajstić information content (AvgIpc) is 4.09. The van der Waals surface area contributed by atoms with Gasteiger partial charge in [-0.1, -0.05) is 144 Å². The van der Waals surface area contributed by atoms with Crippen LogP contribution in [0.5, 0.6) is 0 Å². The largest absolute Gasteiger partial charge is 0.412 e. The summed E-state index contributed by atoms with van der Waals surface area (Å²) in [6, 6.07) is 0. The van der Waals surface area contributed by atoms with Crippen LogP contribution in [0.1, 0.15) is 149 Å². The van der Waals surface area contributed by atoms with Gasteiger partial charge < -0.3 is 8.85 Å². The summed E-state index contributed by atoms with van der Waals surface area (Å²) in [5.74, 6) is 4.60. The molecule has 4 nitrogen and oxygen atoms in total. The third kappa shape index (κ3) is 7.14. The average molecular weight is 898 g/mol. The van der Waals surface area contributed by atoms with Crippen molar-refractivity contribution in [2.75, 3.05) is 0 Å². The fraction of sp³-hybridized carbons (Fsp3) is 0.808. The normalized spacial score (nSPS) is 36.9. The van der Waals surface area contributed by atoms with Crippen molar-refractivity contribution in [3.63, 3.8) is 0 Å². The monoisotopic (exact) mass is 897 g/mol. The van der Waals surface area contributed by atoms with E-state index in [0.717, 1.165) is 34.1 Å². The Morgan fingerprint density at radius 1 is 0.550 bits per heavy atom. The van der Waals surface area contributed by atoms with Gasteiger partial charge in [0.25, 0.3) is 0 Å². The summed E-state index contributed by atoms with van der Waals surface area (Å²) < 4.78 is 15.0. The van der Waals surface area contributed by atoms with Crippen molar-refractivity contribution >= 4 is 51.4 Å². The summed E-state index contributed by atoms with van der Waals surface area (Å²) in [6.07, 6.45) is 16.9. The molecule has 0 saturated heterocycles. The molecule has 0 aliphatic heterocycles. The first-order valence-corrected chi connectivity index (χ1v) is 29.5. The maximum Gasteiger partial charge on any atom is 0.200 e. The summed E-state index contributed by atoms with van der Waals surface area (Å²) in [5, 5.41) is 2.10. The summed E-state index contributed by atoms with van der Waals surface area (Å²) in [5.41, 5.74) is 6.33. The van der Waals surface area contributed by atoms with Gasteiger partial charge in [0.15, 0.2) is 11.6 Å². The highest BCUT2D eigenvalue weighted by Gasteiger charge is 2.70. The van der Waals surface area contributed by atoms with Crippen LogP contribution >= 0.6 is 23.2 Å². The van der Waals surface area contributed by atoms with Crippen molar-refractivity contribution in [3.8, 4) is 0 Å². The van der Waals surface area contributed by atoms with E-state index >= 15 is 0 Å². The minimum atomic E-state index is -2.01. The molecule has 0 heterocycles. The summed E-state index contributed by atoms with van der Waals surface area (Å²) in [7, 11) is -4.02. The molecule has 8 bridgehead atoms. The molecular weight excluding hydrogens is 816 g/mol. The van der Waals surface area contributed by atoms with Gasteiger partial charge in [-0.2, -0.15) is 0 Å². The van der Waals surface area contributed by atoms with E-state index in [-0.39, 0.29) is 23.8 Å². The summed E-state index contributed by atoms with van der Waals surface area (Å²) in [6.45, 7) is 36.7. The Morgan fingerprint density at radius 2 is 0.900 bits per heavy atom. The van der Waals surface area contributed by atoms with E-state index in [9.17, 15) is 9.59 Å². The molecule has 2 spiro atoms. The lowest BCUT2D eigenvalue weighted by Crippen LogP contribution is -2.61. The fourth-order valence-electron chi connectivity index (χ4n) is 16.5. The van der Waals surface area contributed by atoms with Gasteiger partial charge in [-0.3, -0.25) is 9.59 Å². The van der Waals surface area contributed by atoms with Gasteiger partial charge in [0.2, 0.25) is 16.6 Å². The molecule has 8 aliphatic rings. The molecule has 0 aromatic heterocycles. The van der Waals surface area contributed by atoms with E-state index in [0.29, 0.717) is 103 Å². The van der Waals surface area contributed by atoms with Gasteiger partial charge in [0.05, 0.1) is 12.2 Å². The van der Waals surface area contributed by atoms with Crippen LogP contribution in [0.3, 0.4) is 0 Å². The fourth-order valence-corrected chi connectivity index (χ4v) is 28.2. The lowest BCUT2D eigenvalue weighted by Gasteiger charge is -2.60. The molecule has 4 fully saturated rings. The van der Waals surface area contributed by atoms with E-state index in [1.807, 2.05) is 0 Å². The third-order valence-corrected chi connectivity index (χ3v) is 32.1. The molecule has 336 valence electrons. The number of Topliss-reactive ketones (excluding diaryl/α,β-unsaturated/α-hetero) is 2. The Morgan fingerprint density at radius 3 is 1.30 bits per heavy atom. The van der Waals surface area contributed by atoms with Gasteiger partial charge in [0.1, 0.15) is 0 Å². The summed E-state index contributed by atoms with van der Waals surface area (Å²) in [4.78, 5) is 24.9. The topological polar surface area (TPSA) is 52.6 Å². The van der Waals surface area contributed by atoms with Gasteiger partial charge in [-0.15, -0.1) is 0 Å². The highest BCUT2D eigenvalue weighted by atomic mass is 35.5. The number of ketones is 2. The first kappa shape index (κ1) is 47.2. The van der Waals surface area contributed by atoms with Crippen LogP contribution in [-0.2, 0) is 18.4 Å². The molecule has 0 N–H and O–H groups in total. The first-order valence-electron chi connectivity index (χ1n) is 24.5. The molecule has 0 aromatic carbocycles. The number of carbonyl (C=O) groups is 2. The van der Waals surface area contributed by atoms with Crippen molar-refractivity contribution in [2.24, 2.45) is 70.0 Å². The highest BCUT2D eigenvalue weighted by Crippen LogP contribution is 2.74. The van der Waals surface area contributed by atoms with Crippen molar-refractivity contribution in [3.05, 3.63) is 45.5 Å². The van der Waals surface area contributed by atoms with Crippen LogP contribution in [0, 0.1) is 70.0 Å². The minimum Gasteiger partial charge on any atom is -0.412 e. The second-order valence-electron chi connectivity index (χ2n) is 23.4. The van der Waals surface area contributed by atoms with Crippen molar-refractivity contribution in [2.45, 2.75) is 195 Å². The Balaban J connectivity index is 0.000000181. The molecule has 8 aliphatic carbocycles. The maximum atomic E-state index is 12.4. The molecule has 60 heavy (non-hydrogen) atoms. The molecule has 0 radical (unpaired) electrons. The third-order valence-electron chi connectivity index (χ3n) is 19.0. The van der Waals surface area contributed by atoms with Crippen LogP contribution < -0.4 is 0 Å². The number of hydrogen-bond donors (Lipinski definition) is 0. The van der Waals surface area contributed by atoms with Crippen LogP contribution in [0.4, 0.5) is 0 Å². The van der Waals surface area contributed by atoms with Gasteiger partial charge in [-0.25, -0.2) is 0 Å². The lowest BCUT2D eigenvalue weighted by molar-refractivity contribution is -0.117. The molecule has 8 rings (SSSR count). The Hall–Kier alpha value is -0.766. The number of hydrogen-bond acceptors (Lipinski definition) is 4. The quantitative estimate of drug-likeness (QED) is 0.183. The minimum absolute atomic E-state index is 0.233. The molecule has 0 unspecified atom stereocenters. The molecule has 0 aromatic rings. The van der Waals surface area contributed by atoms with E-state index in [4.69, 9.17) is 32.1 Å². The zero-order valence-electron chi connectivity index (χ0n) is 40.3. The smallest absolute Gasteiger partial charge is 0.200 e. The van der Waals surface area contributed by atoms with E-state index < -0.39 is 16.6 Å². The molecule has 12 atom stereocenters. The SMILES string of the molecule is CC(=O)C1=C[C@H]2[C@@H](O[Si](C(C)C)(C(C)C)C(C)C)[C@H](C1)[C@@H]1[C@H](C)C(Cl)=C[C@@H]2C12CC2.CC(=O)C1=C[C@H]2[C@H](O[Si](C(C)C)(C(C)C)C(C)C)[C@H](C1)[C@@H]1C=C(Cl)[C@@H](C)[C@@H]2C12CC2. The van der Waals surface area contributed by atoms with Gasteiger partial charge in [-0.05, 0) is 155 Å². The molecule has 0 amide bonds. The van der Waals surface area contributed by atoms with Crippen LogP contribution in [0.15, 0.2) is 45.5 Å². The second-order valence-corrected chi connectivity index (χ2v) is 35.1. The van der Waals surface area contributed by atoms with E-state index in [2.05, 4.69) is 121 Å². The summed E-state index contributed by atoms with van der Waals surface area (Å²) >= 11 is 13.6. The zero-order chi connectivity index (χ0) is 44.3. The van der Waals surface area contributed by atoms with Crippen LogP contribution in [0.25, 0.3) is 0 Å². The Bertz CT molecular complexity index is 1730. The van der Waals surface area contributed by atoms with Crippen molar-refractivity contribution in [1.29, 1.82) is 0 Å². The predicted octanol–water partition coefficient (Wildman–Crippen LogP) is 15.0. The van der Waals surface area contributed by atoms with Crippen LogP contribution in [-0.4, -0.2) is 40.4 Å².